The van der Waals surface area contributed by atoms with Gasteiger partial charge >= 0.3 is 0 Å². The quantitative estimate of drug-likeness (QED) is 0.696. The first kappa shape index (κ1) is 22.6. The van der Waals surface area contributed by atoms with Crippen LogP contribution in [0.1, 0.15) is 39.5 Å². The fourth-order valence-corrected chi connectivity index (χ4v) is 5.41. The Morgan fingerprint density at radius 3 is 2.48 bits per heavy atom. The van der Waals surface area contributed by atoms with Gasteiger partial charge in [-0.2, -0.15) is 0 Å². The van der Waals surface area contributed by atoms with Crippen molar-refractivity contribution >= 4 is 5.91 Å². The Morgan fingerprint density at radius 2 is 1.81 bits per heavy atom. The zero-order valence-electron chi connectivity index (χ0n) is 19.3. The van der Waals surface area contributed by atoms with E-state index in [1.54, 1.807) is 0 Å². The summed E-state index contributed by atoms with van der Waals surface area (Å²) in [5.41, 5.74) is -0.0466. The van der Waals surface area contributed by atoms with Crippen molar-refractivity contribution < 1.29 is 14.3 Å². The van der Waals surface area contributed by atoms with E-state index in [9.17, 15) is 4.79 Å². The minimum absolute atomic E-state index is 0.0466. The first-order chi connectivity index (χ1) is 15.0. The Kier molecular flexibility index (Phi) is 7.51. The number of carbonyl (C=O) groups excluding carboxylic acids is 1. The van der Waals surface area contributed by atoms with Crippen LogP contribution in [-0.4, -0.2) is 91.3 Å². The van der Waals surface area contributed by atoms with Crippen LogP contribution in [0.2, 0.25) is 0 Å². The number of carbonyl (C=O) groups is 1. The zero-order valence-corrected chi connectivity index (χ0v) is 19.3. The Hall–Kier alpha value is -1.63. The van der Waals surface area contributed by atoms with Crippen LogP contribution in [0.15, 0.2) is 30.3 Å². The maximum atomic E-state index is 12.6. The molecule has 0 saturated carbocycles. The number of piperidine rings is 1. The van der Waals surface area contributed by atoms with Gasteiger partial charge in [0.1, 0.15) is 5.75 Å². The molecule has 31 heavy (non-hydrogen) atoms. The van der Waals surface area contributed by atoms with Crippen molar-refractivity contribution in [1.82, 2.24) is 14.7 Å². The van der Waals surface area contributed by atoms with Gasteiger partial charge in [-0.15, -0.1) is 0 Å². The molecule has 4 rings (SSSR count). The van der Waals surface area contributed by atoms with E-state index in [0.29, 0.717) is 6.04 Å². The summed E-state index contributed by atoms with van der Waals surface area (Å²) in [6.07, 6.45) is 4.13. The molecule has 1 amide bonds. The van der Waals surface area contributed by atoms with Gasteiger partial charge in [-0.1, -0.05) is 32.0 Å². The Bertz CT molecular complexity index is 695. The van der Waals surface area contributed by atoms with Gasteiger partial charge in [0.05, 0.1) is 5.60 Å². The van der Waals surface area contributed by atoms with Crippen LogP contribution in [0.25, 0.3) is 0 Å². The van der Waals surface area contributed by atoms with Crippen LogP contribution in [0, 0.1) is 5.92 Å². The molecule has 1 aromatic rings. The van der Waals surface area contributed by atoms with E-state index >= 15 is 0 Å². The van der Waals surface area contributed by atoms with E-state index in [0.717, 1.165) is 57.0 Å². The molecule has 3 aliphatic rings. The third-order valence-electron chi connectivity index (χ3n) is 7.15. The molecule has 3 aliphatic heterocycles. The molecule has 1 aromatic carbocycles. The average molecular weight is 430 g/mol. The number of nitrogens with zero attached hydrogens (tertiary/aromatic N) is 3. The second kappa shape index (κ2) is 10.3. The summed E-state index contributed by atoms with van der Waals surface area (Å²) in [7, 11) is 0. The first-order valence-electron chi connectivity index (χ1n) is 12.1. The highest BCUT2D eigenvalue weighted by molar-refractivity contribution is 5.77. The molecular weight excluding hydrogens is 390 g/mol. The molecule has 3 saturated heterocycles. The highest BCUT2D eigenvalue weighted by Gasteiger charge is 2.42. The Balaban J connectivity index is 1.23. The maximum absolute atomic E-state index is 12.6. The molecule has 3 heterocycles. The van der Waals surface area contributed by atoms with Gasteiger partial charge in [0.15, 0.2) is 6.61 Å². The minimum Gasteiger partial charge on any atom is -0.484 e. The lowest BCUT2D eigenvalue weighted by atomic mass is 9.81. The third kappa shape index (κ3) is 5.99. The predicted octanol–water partition coefficient (Wildman–Crippen LogP) is 2.88. The van der Waals surface area contributed by atoms with Crippen molar-refractivity contribution in [2.45, 2.75) is 51.2 Å². The summed E-state index contributed by atoms with van der Waals surface area (Å²) in [6.45, 7) is 13.0. The number of rotatable bonds is 6. The largest absolute Gasteiger partial charge is 0.484 e. The predicted molar refractivity (Wildman–Crippen MR) is 122 cm³/mol. The van der Waals surface area contributed by atoms with Crippen LogP contribution >= 0.6 is 0 Å². The molecule has 172 valence electrons. The van der Waals surface area contributed by atoms with Crippen molar-refractivity contribution in [2.24, 2.45) is 5.92 Å². The van der Waals surface area contributed by atoms with E-state index in [2.05, 4.69) is 23.6 Å². The number of benzene rings is 1. The van der Waals surface area contributed by atoms with Crippen LogP contribution in [0.3, 0.4) is 0 Å². The molecule has 1 unspecified atom stereocenters. The molecule has 0 bridgehead atoms. The topological polar surface area (TPSA) is 45.2 Å². The Morgan fingerprint density at radius 1 is 1.10 bits per heavy atom. The molecule has 6 nitrogen and oxygen atoms in total. The summed E-state index contributed by atoms with van der Waals surface area (Å²) in [5.74, 6) is 1.56. The number of ether oxygens (including phenoxy) is 2. The van der Waals surface area contributed by atoms with Crippen LogP contribution in [-0.2, 0) is 9.53 Å². The molecule has 0 radical (unpaired) electrons. The number of hydrogen-bond donors (Lipinski definition) is 0. The first-order valence-corrected chi connectivity index (χ1v) is 12.1. The molecule has 0 N–H and O–H groups in total. The lowest BCUT2D eigenvalue weighted by Gasteiger charge is -2.49. The van der Waals surface area contributed by atoms with Crippen molar-refractivity contribution in [1.29, 1.82) is 0 Å². The molecule has 0 aromatic heterocycles. The van der Waals surface area contributed by atoms with Crippen molar-refractivity contribution in [3.05, 3.63) is 30.3 Å². The minimum atomic E-state index is -0.0466. The fraction of sp³-hybridized carbons (Fsp3) is 0.720. The van der Waals surface area contributed by atoms with Gasteiger partial charge in [-0.05, 0) is 43.7 Å². The second-order valence-corrected chi connectivity index (χ2v) is 9.89. The van der Waals surface area contributed by atoms with Gasteiger partial charge in [0, 0.05) is 58.5 Å². The fourth-order valence-electron chi connectivity index (χ4n) is 5.41. The summed E-state index contributed by atoms with van der Waals surface area (Å²) < 4.78 is 12.0. The average Bonchev–Trinajstić information content (AvgIpc) is 2.79. The summed E-state index contributed by atoms with van der Waals surface area (Å²) in [4.78, 5) is 19.9. The van der Waals surface area contributed by atoms with Gasteiger partial charge in [0.2, 0.25) is 0 Å². The van der Waals surface area contributed by atoms with E-state index in [1.165, 1.54) is 32.7 Å². The van der Waals surface area contributed by atoms with E-state index < -0.39 is 0 Å². The molecule has 1 spiro atoms. The molecular formula is C25H39N3O3. The van der Waals surface area contributed by atoms with Gasteiger partial charge in [-0.3, -0.25) is 9.69 Å². The van der Waals surface area contributed by atoms with Crippen molar-refractivity contribution in [3.8, 4) is 5.75 Å². The highest BCUT2D eigenvalue weighted by Crippen LogP contribution is 2.37. The summed E-state index contributed by atoms with van der Waals surface area (Å²) in [5, 5.41) is 0. The van der Waals surface area contributed by atoms with Crippen LogP contribution in [0.5, 0.6) is 5.75 Å². The smallest absolute Gasteiger partial charge is 0.260 e. The van der Waals surface area contributed by atoms with E-state index in [1.807, 2.05) is 35.2 Å². The van der Waals surface area contributed by atoms with E-state index in [4.69, 9.17) is 9.47 Å². The molecule has 3 fully saturated rings. The van der Waals surface area contributed by atoms with E-state index in [-0.39, 0.29) is 18.1 Å². The highest BCUT2D eigenvalue weighted by atomic mass is 16.5. The lowest BCUT2D eigenvalue weighted by molar-refractivity contribution is -0.151. The van der Waals surface area contributed by atoms with Gasteiger partial charge in [-0.25, -0.2) is 0 Å². The number of hydrogen-bond acceptors (Lipinski definition) is 5. The second-order valence-electron chi connectivity index (χ2n) is 9.89. The number of piperazine rings is 1. The third-order valence-corrected chi connectivity index (χ3v) is 7.15. The standard InChI is InChI=1S/C25H39N3O3/c1-21(2)19-26-13-15-27(16-14-26)22-8-17-31-25(18-22)9-11-28(12-10-25)24(29)20-30-23-6-4-3-5-7-23/h3-7,21-22H,8-20H2,1-2H3. The number of likely N-dealkylation sites (tertiary alicyclic amines) is 1. The van der Waals surface area contributed by atoms with Crippen molar-refractivity contribution in [3.63, 3.8) is 0 Å². The van der Waals surface area contributed by atoms with Gasteiger partial charge in [0.25, 0.3) is 5.91 Å². The van der Waals surface area contributed by atoms with Crippen LogP contribution in [0.4, 0.5) is 0 Å². The SMILES string of the molecule is CC(C)CN1CCN(C2CCOC3(CCN(C(=O)COc4ccccc4)CC3)C2)CC1. The van der Waals surface area contributed by atoms with Crippen LogP contribution < -0.4 is 4.74 Å². The lowest BCUT2D eigenvalue weighted by Crippen LogP contribution is -2.57. The normalized spacial score (nSPS) is 25.1. The maximum Gasteiger partial charge on any atom is 0.260 e. The summed E-state index contributed by atoms with van der Waals surface area (Å²) in [6, 6.07) is 10.2. The molecule has 1 atom stereocenters. The zero-order chi connectivity index (χ0) is 21.7. The monoisotopic (exact) mass is 429 g/mol. The number of amides is 1. The summed E-state index contributed by atoms with van der Waals surface area (Å²) >= 11 is 0. The number of para-hydroxylation sites is 1. The molecule has 0 aliphatic carbocycles. The Labute approximate surface area is 187 Å². The van der Waals surface area contributed by atoms with Crippen molar-refractivity contribution in [2.75, 3.05) is 59.0 Å². The molecule has 6 heteroatoms. The van der Waals surface area contributed by atoms with Gasteiger partial charge < -0.3 is 19.3 Å².